The summed E-state index contributed by atoms with van der Waals surface area (Å²) < 4.78 is 0. The smallest absolute Gasteiger partial charge is 0.304 e. The molecule has 0 fully saturated rings. The van der Waals surface area contributed by atoms with Gasteiger partial charge in [-0.05, 0) is 18.3 Å². The number of hydrogen-bond donors (Lipinski definition) is 2. The highest BCUT2D eigenvalue weighted by Gasteiger charge is 2.21. The van der Waals surface area contributed by atoms with E-state index in [4.69, 9.17) is 10.8 Å². The summed E-state index contributed by atoms with van der Waals surface area (Å²) in [6, 6.07) is -0.209. The molecule has 86 valence electrons. The zero-order valence-corrected chi connectivity index (χ0v) is 10.1. The van der Waals surface area contributed by atoms with E-state index in [1.165, 1.54) is 0 Å². The summed E-state index contributed by atoms with van der Waals surface area (Å²) in [5.41, 5.74) is 5.88. The van der Waals surface area contributed by atoms with E-state index >= 15 is 0 Å². The van der Waals surface area contributed by atoms with Gasteiger partial charge in [0.2, 0.25) is 0 Å². The van der Waals surface area contributed by atoms with Gasteiger partial charge in [-0.3, -0.25) is 4.79 Å². The van der Waals surface area contributed by atoms with Gasteiger partial charge in [0.05, 0.1) is 6.42 Å². The lowest BCUT2D eigenvalue weighted by Crippen LogP contribution is -2.30. The van der Waals surface area contributed by atoms with E-state index in [1.807, 2.05) is 0 Å². The van der Waals surface area contributed by atoms with Gasteiger partial charge in [0, 0.05) is 6.04 Å². The molecule has 14 heavy (non-hydrogen) atoms. The summed E-state index contributed by atoms with van der Waals surface area (Å²) in [6.07, 6.45) is 3.08. The Bertz CT molecular complexity index is 172. The summed E-state index contributed by atoms with van der Waals surface area (Å²) in [6.45, 7) is 6.40. The lowest BCUT2D eigenvalue weighted by Gasteiger charge is -2.26. The summed E-state index contributed by atoms with van der Waals surface area (Å²) >= 11 is 0. The number of nitrogens with two attached hydrogens (primary N) is 1. The van der Waals surface area contributed by atoms with Crippen LogP contribution in [0.1, 0.15) is 46.5 Å². The minimum atomic E-state index is -0.806. The Morgan fingerprint density at radius 3 is 2.36 bits per heavy atom. The molecule has 3 N–H and O–H groups in total. The van der Waals surface area contributed by atoms with Crippen molar-refractivity contribution in [1.82, 2.24) is 0 Å². The van der Waals surface area contributed by atoms with Crippen LogP contribution in [0.2, 0.25) is 0 Å². The largest absolute Gasteiger partial charge is 0.481 e. The quantitative estimate of drug-likeness (QED) is 0.727. The number of carbonyl (C=O) groups is 1. The maximum atomic E-state index is 10.4. The standard InChI is InChI=1S/C10H21NO2.ClH/c1-4-5-10(2,3)7-8(11)6-9(12)13;/h8H,4-7,11H2,1-3H3,(H,12,13);1H/t8-;/m1./s1. The normalized spacial score (nSPS) is 13.1. The van der Waals surface area contributed by atoms with E-state index in [2.05, 4.69) is 20.8 Å². The van der Waals surface area contributed by atoms with E-state index in [-0.39, 0.29) is 30.3 Å². The zero-order chi connectivity index (χ0) is 10.5. The third kappa shape index (κ3) is 8.32. The van der Waals surface area contributed by atoms with Gasteiger partial charge in [-0.1, -0.05) is 27.2 Å². The summed E-state index contributed by atoms with van der Waals surface area (Å²) in [5.74, 6) is -0.806. The van der Waals surface area contributed by atoms with Gasteiger partial charge in [0.15, 0.2) is 0 Å². The molecule has 0 saturated heterocycles. The molecule has 0 aliphatic carbocycles. The fourth-order valence-corrected chi connectivity index (χ4v) is 1.79. The second-order valence-corrected chi connectivity index (χ2v) is 4.48. The molecule has 0 aromatic heterocycles. The minimum Gasteiger partial charge on any atom is -0.481 e. The molecule has 0 saturated carbocycles. The van der Waals surface area contributed by atoms with Crippen LogP contribution in [0.15, 0.2) is 0 Å². The van der Waals surface area contributed by atoms with Crippen molar-refractivity contribution in [2.45, 2.75) is 52.5 Å². The molecule has 0 aliphatic rings. The molecule has 0 spiro atoms. The third-order valence-electron chi connectivity index (χ3n) is 2.18. The highest BCUT2D eigenvalue weighted by Crippen LogP contribution is 2.28. The number of carboxylic acids is 1. The number of aliphatic carboxylic acids is 1. The van der Waals surface area contributed by atoms with Crippen LogP contribution < -0.4 is 5.73 Å². The molecule has 0 aromatic rings. The van der Waals surface area contributed by atoms with Crippen molar-refractivity contribution >= 4 is 18.4 Å². The van der Waals surface area contributed by atoms with Crippen molar-refractivity contribution in [2.24, 2.45) is 11.1 Å². The first-order valence-electron chi connectivity index (χ1n) is 4.85. The molecule has 1 atom stereocenters. The molecule has 3 nitrogen and oxygen atoms in total. The van der Waals surface area contributed by atoms with Gasteiger partial charge in [-0.25, -0.2) is 0 Å². The Balaban J connectivity index is 0. The van der Waals surface area contributed by atoms with Crippen LogP contribution in [-0.4, -0.2) is 17.1 Å². The van der Waals surface area contributed by atoms with Crippen molar-refractivity contribution < 1.29 is 9.90 Å². The lowest BCUT2D eigenvalue weighted by atomic mass is 9.81. The van der Waals surface area contributed by atoms with Crippen molar-refractivity contribution in [3.8, 4) is 0 Å². The predicted octanol–water partition coefficient (Wildman–Crippen LogP) is 2.43. The third-order valence-corrected chi connectivity index (χ3v) is 2.18. The Kier molecular flexibility index (Phi) is 8.16. The molecule has 0 unspecified atom stereocenters. The van der Waals surface area contributed by atoms with Crippen molar-refractivity contribution in [2.75, 3.05) is 0 Å². The second-order valence-electron chi connectivity index (χ2n) is 4.48. The van der Waals surface area contributed by atoms with Gasteiger partial charge in [0.1, 0.15) is 0 Å². The Hall–Kier alpha value is -0.280. The highest BCUT2D eigenvalue weighted by molar-refractivity contribution is 5.85. The van der Waals surface area contributed by atoms with E-state index in [0.29, 0.717) is 0 Å². The number of rotatable bonds is 6. The van der Waals surface area contributed by atoms with Gasteiger partial charge >= 0.3 is 5.97 Å². The zero-order valence-electron chi connectivity index (χ0n) is 9.25. The fourth-order valence-electron chi connectivity index (χ4n) is 1.79. The van der Waals surface area contributed by atoms with Crippen LogP contribution in [0.3, 0.4) is 0 Å². The number of halogens is 1. The molecule has 4 heteroatoms. The number of hydrogen-bond acceptors (Lipinski definition) is 2. The van der Waals surface area contributed by atoms with Gasteiger partial charge in [-0.15, -0.1) is 12.4 Å². The molecule has 0 aromatic carbocycles. The van der Waals surface area contributed by atoms with Crippen LogP contribution in [0.25, 0.3) is 0 Å². The number of carboxylic acid groups (broad SMARTS) is 1. The maximum Gasteiger partial charge on any atom is 0.304 e. The molecule has 0 radical (unpaired) electrons. The first kappa shape index (κ1) is 16.2. The van der Waals surface area contributed by atoms with E-state index in [1.54, 1.807) is 0 Å². The summed E-state index contributed by atoms with van der Waals surface area (Å²) in [4.78, 5) is 10.4. The van der Waals surface area contributed by atoms with Crippen LogP contribution >= 0.6 is 12.4 Å². The van der Waals surface area contributed by atoms with E-state index < -0.39 is 5.97 Å². The predicted molar refractivity (Wildman–Crippen MR) is 60.8 cm³/mol. The monoisotopic (exact) mass is 223 g/mol. The highest BCUT2D eigenvalue weighted by atomic mass is 35.5. The van der Waals surface area contributed by atoms with Crippen molar-refractivity contribution in [3.05, 3.63) is 0 Å². The summed E-state index contributed by atoms with van der Waals surface area (Å²) in [7, 11) is 0. The maximum absolute atomic E-state index is 10.4. The molecule has 0 aliphatic heterocycles. The average Bonchev–Trinajstić information content (AvgIpc) is 1.81. The summed E-state index contributed by atoms with van der Waals surface area (Å²) in [5, 5.41) is 8.53. The van der Waals surface area contributed by atoms with Crippen LogP contribution in [0.4, 0.5) is 0 Å². The van der Waals surface area contributed by atoms with Crippen molar-refractivity contribution in [3.63, 3.8) is 0 Å². The second kappa shape index (κ2) is 7.07. The van der Waals surface area contributed by atoms with E-state index in [9.17, 15) is 4.79 Å². The molecular weight excluding hydrogens is 202 g/mol. The van der Waals surface area contributed by atoms with E-state index in [0.717, 1.165) is 19.3 Å². The Labute approximate surface area is 92.5 Å². The van der Waals surface area contributed by atoms with Gasteiger partial charge in [0.25, 0.3) is 0 Å². The molecule has 0 rings (SSSR count). The SMILES string of the molecule is CCCC(C)(C)C[C@H](N)CC(=O)O.Cl. The first-order chi connectivity index (χ1) is 5.87. The minimum absolute atomic E-state index is 0. The molecule has 0 amide bonds. The molecule has 0 bridgehead atoms. The molecular formula is C10H22ClNO2. The average molecular weight is 224 g/mol. The van der Waals surface area contributed by atoms with Gasteiger partial charge in [-0.2, -0.15) is 0 Å². The van der Waals surface area contributed by atoms with Crippen LogP contribution in [-0.2, 0) is 4.79 Å². The fraction of sp³-hybridized carbons (Fsp3) is 0.900. The first-order valence-corrected chi connectivity index (χ1v) is 4.85. The van der Waals surface area contributed by atoms with Gasteiger partial charge < -0.3 is 10.8 Å². The van der Waals surface area contributed by atoms with Crippen LogP contribution in [0, 0.1) is 5.41 Å². The van der Waals surface area contributed by atoms with Crippen LogP contribution in [0.5, 0.6) is 0 Å². The Morgan fingerprint density at radius 1 is 1.50 bits per heavy atom. The topological polar surface area (TPSA) is 63.3 Å². The van der Waals surface area contributed by atoms with Crippen molar-refractivity contribution in [1.29, 1.82) is 0 Å². The Morgan fingerprint density at radius 2 is 2.00 bits per heavy atom. The lowest BCUT2D eigenvalue weighted by molar-refractivity contribution is -0.137. The molecule has 0 heterocycles.